The number of aliphatic hydroxyl groups excluding tert-OH is 7. The molecule has 1 saturated carbocycles. The molecule has 0 heterocycles. The second-order valence-electron chi connectivity index (χ2n) is 16.4. The van der Waals surface area contributed by atoms with Gasteiger partial charge >= 0.3 is 7.82 Å². The van der Waals surface area contributed by atoms with E-state index < -0.39 is 75.2 Å². The van der Waals surface area contributed by atoms with Gasteiger partial charge in [-0.2, -0.15) is 0 Å². The summed E-state index contributed by atoms with van der Waals surface area (Å²) in [5.74, 6) is -0.607. The summed E-state index contributed by atoms with van der Waals surface area (Å²) in [5, 5.41) is 74.3. The molecule has 0 aromatic carbocycles. The molecule has 0 saturated heterocycles. The highest BCUT2D eigenvalue weighted by atomic mass is 31.2. The molecule has 1 aliphatic carbocycles. The highest BCUT2D eigenvalue weighted by Crippen LogP contribution is 2.47. The van der Waals surface area contributed by atoms with Crippen molar-refractivity contribution in [1.82, 2.24) is 5.32 Å². The molecule has 0 aliphatic heterocycles. The Bertz CT molecular complexity index is 1220. The first-order valence-corrected chi connectivity index (χ1v) is 24.7. The Morgan fingerprint density at radius 3 is 1.65 bits per heavy atom. The van der Waals surface area contributed by atoms with E-state index in [0.717, 1.165) is 57.8 Å². The summed E-state index contributed by atoms with van der Waals surface area (Å²) in [6.45, 7) is 3.58. The third kappa shape index (κ3) is 27.3. The Morgan fingerprint density at radius 2 is 1.08 bits per heavy atom. The lowest BCUT2D eigenvalue weighted by atomic mass is 9.85. The summed E-state index contributed by atoms with van der Waals surface area (Å²) in [4.78, 5) is 23.4. The number of hydrogen-bond acceptors (Lipinski definition) is 11. The van der Waals surface area contributed by atoms with E-state index in [4.69, 9.17) is 9.05 Å². The average Bonchev–Trinajstić information content (AvgIpc) is 3.22. The topological polar surface area (TPSA) is 226 Å². The van der Waals surface area contributed by atoms with Crippen molar-refractivity contribution in [3.05, 3.63) is 48.6 Å². The van der Waals surface area contributed by atoms with Gasteiger partial charge in [-0.3, -0.25) is 13.8 Å². The number of allylic oxidation sites excluding steroid dienone is 7. The van der Waals surface area contributed by atoms with Crippen LogP contribution < -0.4 is 5.32 Å². The van der Waals surface area contributed by atoms with Crippen LogP contribution in [0.5, 0.6) is 0 Å². The van der Waals surface area contributed by atoms with Crippen LogP contribution in [0.25, 0.3) is 0 Å². The van der Waals surface area contributed by atoms with Crippen molar-refractivity contribution >= 4 is 13.7 Å². The zero-order valence-electron chi connectivity index (χ0n) is 36.9. The van der Waals surface area contributed by atoms with Crippen LogP contribution in [0.3, 0.4) is 0 Å². The van der Waals surface area contributed by atoms with E-state index in [1.54, 1.807) is 6.08 Å². The van der Waals surface area contributed by atoms with Crippen LogP contribution in [-0.2, 0) is 18.4 Å². The number of phosphoric acid groups is 1. The highest BCUT2D eigenvalue weighted by Gasteiger charge is 2.51. The molecule has 1 rings (SSSR count). The van der Waals surface area contributed by atoms with Crippen LogP contribution >= 0.6 is 7.82 Å². The van der Waals surface area contributed by atoms with Crippen molar-refractivity contribution < 1.29 is 59.0 Å². The smallest absolute Gasteiger partial charge is 0.393 e. The molecule has 1 amide bonds. The summed E-state index contributed by atoms with van der Waals surface area (Å²) in [6, 6.07) is -1.26. The monoisotopic (exact) mass is 874 g/mol. The molecule has 350 valence electrons. The second-order valence-corrected chi connectivity index (χ2v) is 17.8. The molecule has 13 nitrogen and oxygen atoms in total. The maximum absolute atomic E-state index is 13.0. The van der Waals surface area contributed by atoms with Crippen molar-refractivity contribution in [3.63, 3.8) is 0 Å². The van der Waals surface area contributed by atoms with Gasteiger partial charge in [0.1, 0.15) is 36.6 Å². The molecule has 1 aliphatic rings. The summed E-state index contributed by atoms with van der Waals surface area (Å²) in [5.41, 5.74) is 0. The van der Waals surface area contributed by atoms with Crippen LogP contribution in [0.15, 0.2) is 48.6 Å². The fourth-order valence-electron chi connectivity index (χ4n) is 7.12. The van der Waals surface area contributed by atoms with Gasteiger partial charge in [0.05, 0.1) is 31.3 Å². The van der Waals surface area contributed by atoms with E-state index in [-0.39, 0.29) is 6.42 Å². The summed E-state index contributed by atoms with van der Waals surface area (Å²) >= 11 is 0. The average molecular weight is 874 g/mol. The van der Waals surface area contributed by atoms with E-state index >= 15 is 0 Å². The molecule has 8 unspecified atom stereocenters. The minimum Gasteiger partial charge on any atom is -0.393 e. The Morgan fingerprint density at radius 1 is 0.617 bits per heavy atom. The molecule has 0 aromatic rings. The van der Waals surface area contributed by atoms with Crippen molar-refractivity contribution in [2.45, 2.75) is 229 Å². The number of rotatable bonds is 37. The van der Waals surface area contributed by atoms with Gasteiger partial charge in [0.2, 0.25) is 5.91 Å². The van der Waals surface area contributed by atoms with Crippen LogP contribution in [0, 0.1) is 0 Å². The van der Waals surface area contributed by atoms with Gasteiger partial charge in [-0.25, -0.2) is 4.57 Å². The number of hydrogen-bond donors (Lipinski definition) is 9. The third-order valence-corrected chi connectivity index (χ3v) is 11.9. The number of amides is 1. The number of phosphoric ester groups is 1. The predicted molar refractivity (Wildman–Crippen MR) is 238 cm³/mol. The van der Waals surface area contributed by atoms with E-state index in [0.29, 0.717) is 12.8 Å². The Kier molecular flexibility index (Phi) is 33.5. The second kappa shape index (κ2) is 35.7. The molecule has 1 fully saturated rings. The highest BCUT2D eigenvalue weighted by molar-refractivity contribution is 7.47. The summed E-state index contributed by atoms with van der Waals surface area (Å²) in [6.07, 6.45) is 27.9. The van der Waals surface area contributed by atoms with Gasteiger partial charge in [0.25, 0.3) is 0 Å². The van der Waals surface area contributed by atoms with Gasteiger partial charge in [0, 0.05) is 0 Å². The minimum atomic E-state index is -5.15. The Hall–Kier alpha value is -1.74. The molecule has 14 heteroatoms. The fourth-order valence-corrected chi connectivity index (χ4v) is 8.08. The van der Waals surface area contributed by atoms with Crippen molar-refractivity contribution in [3.8, 4) is 0 Å². The van der Waals surface area contributed by atoms with Crippen LogP contribution in [0.4, 0.5) is 0 Å². The molecule has 0 spiro atoms. The molecule has 0 aromatic heterocycles. The zero-order chi connectivity index (χ0) is 44.4. The Balaban J connectivity index is 2.50. The molecular formula is C46H84NO12P. The van der Waals surface area contributed by atoms with E-state index in [2.05, 4.69) is 55.6 Å². The third-order valence-electron chi connectivity index (χ3n) is 10.9. The Labute approximate surface area is 361 Å². The van der Waals surface area contributed by atoms with Crippen molar-refractivity contribution in [2.75, 3.05) is 6.61 Å². The lowest BCUT2D eigenvalue weighted by molar-refractivity contribution is -0.220. The first-order chi connectivity index (χ1) is 28.8. The van der Waals surface area contributed by atoms with E-state index in [1.807, 2.05) is 0 Å². The zero-order valence-corrected chi connectivity index (χ0v) is 37.8. The standard InChI is InChI=1S/C46H84NO12P/c1-3-5-7-9-11-13-15-16-17-18-19-20-21-22-24-25-27-29-31-33-37(48)35-40(50)47-38(39(49)34-32-30-28-26-23-14-12-10-8-6-4-2)36-58-60(56,57)59-46-44(54)42(52)41(51)43(53)45(46)55/h5,7,11,13,23,26,32,34,37-39,41-46,48-49,51-55H,3-4,6,8-10,12,14-22,24-25,27-31,33,35-36H2,1-2H3,(H,47,50)(H,56,57)/b7-5-,13-11-,26-23+,34-32+. The number of unbranched alkanes of at least 4 members (excludes halogenated alkanes) is 18. The van der Waals surface area contributed by atoms with Gasteiger partial charge in [-0.15, -0.1) is 0 Å². The van der Waals surface area contributed by atoms with Gasteiger partial charge in [-0.05, 0) is 57.8 Å². The molecule has 0 bridgehead atoms. The SMILES string of the molecule is CC/C=C\C/C=C\CCCCCCCCCCCCCCC(O)CC(=O)NC(COP(=O)(O)OC1C(O)C(O)C(O)C(O)C1O)C(O)/C=C/CC/C=C/CCCCCCC. The predicted octanol–water partition coefficient (Wildman–Crippen LogP) is 7.53. The fraction of sp³-hybridized carbons (Fsp3) is 0.804. The lowest BCUT2D eigenvalue weighted by Crippen LogP contribution is -2.64. The summed E-state index contributed by atoms with van der Waals surface area (Å²) < 4.78 is 22.8. The first kappa shape index (κ1) is 56.3. The summed E-state index contributed by atoms with van der Waals surface area (Å²) in [7, 11) is -5.15. The quantitative estimate of drug-likeness (QED) is 0.0168. The van der Waals surface area contributed by atoms with Crippen LogP contribution in [0.2, 0.25) is 0 Å². The molecule has 9 N–H and O–H groups in total. The largest absolute Gasteiger partial charge is 0.472 e. The molecule has 0 radical (unpaired) electrons. The van der Waals surface area contributed by atoms with Gasteiger partial charge in [0.15, 0.2) is 0 Å². The first-order valence-electron chi connectivity index (χ1n) is 23.2. The van der Waals surface area contributed by atoms with Crippen molar-refractivity contribution in [2.24, 2.45) is 0 Å². The number of carbonyl (C=O) groups excluding carboxylic acids is 1. The van der Waals surface area contributed by atoms with Gasteiger partial charge < -0.3 is 46.0 Å². The molecule has 60 heavy (non-hydrogen) atoms. The van der Waals surface area contributed by atoms with Crippen LogP contribution in [0.1, 0.15) is 174 Å². The normalized spacial score (nSPS) is 23.8. The maximum atomic E-state index is 13.0. The van der Waals surface area contributed by atoms with Crippen LogP contribution in [-0.4, -0.2) is 108 Å². The molecule has 8 atom stereocenters. The minimum absolute atomic E-state index is 0.255. The van der Waals surface area contributed by atoms with Gasteiger partial charge in [-0.1, -0.05) is 159 Å². The van der Waals surface area contributed by atoms with E-state index in [1.165, 1.54) is 89.5 Å². The molecular weight excluding hydrogens is 789 g/mol. The maximum Gasteiger partial charge on any atom is 0.472 e. The number of carbonyl (C=O) groups is 1. The van der Waals surface area contributed by atoms with E-state index in [9.17, 15) is 50.0 Å². The number of nitrogens with one attached hydrogen (secondary N) is 1. The van der Waals surface area contributed by atoms with Crippen molar-refractivity contribution in [1.29, 1.82) is 0 Å². The lowest BCUT2D eigenvalue weighted by Gasteiger charge is -2.41. The number of aliphatic hydroxyl groups is 7.